The van der Waals surface area contributed by atoms with Crippen LogP contribution in [0, 0.1) is 0 Å². The molecule has 0 amide bonds. The van der Waals surface area contributed by atoms with Gasteiger partial charge in [0.1, 0.15) is 0 Å². The summed E-state index contributed by atoms with van der Waals surface area (Å²) in [5, 5.41) is 0. The van der Waals surface area contributed by atoms with Gasteiger partial charge in [0.25, 0.3) is 0 Å². The number of hydrogen-bond acceptors (Lipinski definition) is 6. The van der Waals surface area contributed by atoms with Gasteiger partial charge in [-0.25, -0.2) is 0 Å². The van der Waals surface area contributed by atoms with Gasteiger partial charge in [0, 0.05) is 54.0 Å². The van der Waals surface area contributed by atoms with E-state index in [9.17, 15) is 0 Å². The molecule has 61 heavy (non-hydrogen) atoms. The Morgan fingerprint density at radius 2 is 0.344 bits per heavy atom. The Bertz CT molecular complexity index is 1910. The van der Waals surface area contributed by atoms with Gasteiger partial charge in [-0.1, -0.05) is 125 Å². The molecule has 0 saturated carbocycles. The molecule has 0 atom stereocenters. The molecule has 6 heterocycles. The van der Waals surface area contributed by atoms with Gasteiger partial charge in [0.2, 0.25) is 0 Å². The van der Waals surface area contributed by atoms with Crippen LogP contribution in [0.25, 0.3) is 34.2 Å². The van der Waals surface area contributed by atoms with Crippen molar-refractivity contribution < 1.29 is 16.8 Å². The molecule has 1 radical (unpaired) electrons. The molecule has 0 aromatic carbocycles. The number of nitrogens with zero attached hydrogens (tertiary/aromatic N) is 6. The maximum atomic E-state index is 4.48. The van der Waals surface area contributed by atoms with Crippen LogP contribution >= 0.6 is 0 Å². The fourth-order valence-corrected chi connectivity index (χ4v) is 6.22. The topological polar surface area (TPSA) is 77.3 Å². The van der Waals surface area contributed by atoms with Gasteiger partial charge in [-0.3, -0.25) is 29.9 Å². The van der Waals surface area contributed by atoms with E-state index in [0.717, 1.165) is 34.2 Å². The van der Waals surface area contributed by atoms with Crippen LogP contribution in [0.15, 0.2) is 110 Å². The minimum absolute atomic E-state index is 0. The number of pyridine rings is 6. The van der Waals surface area contributed by atoms with Crippen LogP contribution < -0.4 is 0 Å². The predicted octanol–water partition coefficient (Wildman–Crippen LogP) is 14.2. The van der Waals surface area contributed by atoms with E-state index in [-0.39, 0.29) is 49.3 Å². The Labute approximate surface area is 379 Å². The van der Waals surface area contributed by atoms with Crippen LogP contribution in [-0.4, -0.2) is 29.9 Å². The van der Waals surface area contributed by atoms with Gasteiger partial charge in [0.05, 0.1) is 34.2 Å². The summed E-state index contributed by atoms with van der Waals surface area (Å²) in [5.74, 6) is 0. The van der Waals surface area contributed by atoms with E-state index in [2.05, 4.69) is 227 Å². The maximum absolute atomic E-state index is 4.48. The summed E-state index contributed by atoms with van der Waals surface area (Å²) in [7, 11) is 0. The molecule has 0 bridgehead atoms. The molecular weight excluding hydrogens is 792 g/mol. The molecule has 0 saturated heterocycles. The van der Waals surface area contributed by atoms with Gasteiger partial charge in [-0.15, -0.1) is 0 Å². The Morgan fingerprint density at radius 3 is 0.443 bits per heavy atom. The van der Waals surface area contributed by atoms with Crippen molar-refractivity contribution in [1.82, 2.24) is 29.9 Å². The fourth-order valence-electron chi connectivity index (χ4n) is 6.22. The van der Waals surface area contributed by atoms with Crippen molar-refractivity contribution >= 4 is 0 Å². The molecule has 0 aliphatic rings. The minimum Gasteiger partial charge on any atom is -0.255 e. The summed E-state index contributed by atoms with van der Waals surface area (Å²) >= 11 is 0. The molecule has 327 valence electrons. The van der Waals surface area contributed by atoms with E-state index < -0.39 is 0 Å². The van der Waals surface area contributed by atoms with Crippen molar-refractivity contribution in [3.05, 3.63) is 143 Å². The zero-order valence-corrected chi connectivity index (χ0v) is 41.4. The van der Waals surface area contributed by atoms with Crippen LogP contribution in [0.3, 0.4) is 0 Å². The van der Waals surface area contributed by atoms with Crippen LogP contribution in [0.1, 0.15) is 158 Å². The first-order valence-corrected chi connectivity index (χ1v) is 21.3. The summed E-state index contributed by atoms with van der Waals surface area (Å²) in [6.45, 7) is 39.8. The molecule has 0 spiro atoms. The van der Waals surface area contributed by atoms with Crippen LogP contribution in [0.2, 0.25) is 0 Å². The molecule has 7 heteroatoms. The quantitative estimate of drug-likeness (QED) is 0.176. The second-order valence-electron chi connectivity index (χ2n) is 22.1. The Balaban J connectivity index is 0.000000242. The van der Waals surface area contributed by atoms with Gasteiger partial charge >= 0.3 is 0 Å². The summed E-state index contributed by atoms with van der Waals surface area (Å²) < 4.78 is 0. The smallest absolute Gasteiger partial charge is 0.0889 e. The monoisotopic (exact) mass is 864 g/mol. The molecule has 6 rings (SSSR count). The van der Waals surface area contributed by atoms with E-state index in [1.54, 1.807) is 0 Å². The van der Waals surface area contributed by atoms with E-state index >= 15 is 0 Å². The van der Waals surface area contributed by atoms with E-state index in [1.165, 1.54) is 33.4 Å². The number of hydrogen-bond donors (Lipinski definition) is 0. The average molecular weight is 864 g/mol. The van der Waals surface area contributed by atoms with Gasteiger partial charge in [-0.05, 0) is 139 Å². The van der Waals surface area contributed by atoms with Crippen molar-refractivity contribution in [2.24, 2.45) is 0 Å². The maximum Gasteiger partial charge on any atom is 0.0889 e. The minimum atomic E-state index is 0. The molecule has 6 aromatic heterocycles. The van der Waals surface area contributed by atoms with Crippen molar-refractivity contribution in [3.8, 4) is 34.2 Å². The fraction of sp³-hybridized carbons (Fsp3) is 0.444. The van der Waals surface area contributed by atoms with Crippen LogP contribution in [-0.2, 0) is 49.3 Å². The third-order valence-electron chi connectivity index (χ3n) is 10.5. The second-order valence-corrected chi connectivity index (χ2v) is 22.1. The van der Waals surface area contributed by atoms with Crippen molar-refractivity contribution in [3.63, 3.8) is 0 Å². The number of aromatic nitrogens is 6. The van der Waals surface area contributed by atoms with Gasteiger partial charge in [0.15, 0.2) is 0 Å². The Morgan fingerprint density at radius 1 is 0.230 bits per heavy atom. The molecule has 6 aromatic rings. The largest absolute Gasteiger partial charge is 0.255 e. The van der Waals surface area contributed by atoms with E-state index in [1.807, 2.05) is 37.2 Å². The molecule has 0 unspecified atom stereocenters. The summed E-state index contributed by atoms with van der Waals surface area (Å²) in [6, 6.07) is 25.4. The zero-order chi connectivity index (χ0) is 44.9. The zero-order valence-electron chi connectivity index (χ0n) is 40.4. The first-order chi connectivity index (χ1) is 27.5. The van der Waals surface area contributed by atoms with Gasteiger partial charge < -0.3 is 0 Å². The summed E-state index contributed by atoms with van der Waals surface area (Å²) in [5.41, 5.74) is 14.1. The third-order valence-corrected chi connectivity index (χ3v) is 10.5. The molecular formula is C54H72CoN6. The SMILES string of the molecule is CC(C)(C)c1ccnc(-c2cc(C(C)(C)C)ccn2)c1.CC(C)(C)c1ccnc(-c2cc(C(C)(C)C)ccn2)c1.CC(C)(C)c1ccnc(-c2cc(C(C)(C)C)ccn2)c1.[Co]. The normalized spacial score (nSPS) is 12.3. The first-order valence-electron chi connectivity index (χ1n) is 21.3. The summed E-state index contributed by atoms with van der Waals surface area (Å²) in [6.07, 6.45) is 11.3. The van der Waals surface area contributed by atoms with Crippen LogP contribution in [0.5, 0.6) is 0 Å². The van der Waals surface area contributed by atoms with Gasteiger partial charge in [-0.2, -0.15) is 0 Å². The van der Waals surface area contributed by atoms with E-state index in [4.69, 9.17) is 0 Å². The third kappa shape index (κ3) is 14.8. The second kappa shape index (κ2) is 19.6. The Kier molecular flexibility index (Phi) is 16.3. The van der Waals surface area contributed by atoms with Crippen molar-refractivity contribution in [2.45, 2.75) is 157 Å². The first kappa shape index (κ1) is 50.8. The van der Waals surface area contributed by atoms with Crippen LogP contribution in [0.4, 0.5) is 0 Å². The van der Waals surface area contributed by atoms with Crippen molar-refractivity contribution in [2.75, 3.05) is 0 Å². The molecule has 6 nitrogen and oxygen atoms in total. The van der Waals surface area contributed by atoms with Crippen molar-refractivity contribution in [1.29, 1.82) is 0 Å². The summed E-state index contributed by atoms with van der Waals surface area (Å²) in [4.78, 5) is 26.9. The number of rotatable bonds is 3. The average Bonchev–Trinajstić information content (AvgIpc) is 3.17. The standard InChI is InChI=1S/3C18H24N2.Co/c3*1-17(2,3)13-7-9-19-15(11-13)16-12-14(8-10-20-16)18(4,5)6;/h3*7-12H,1-6H3;. The molecule has 0 aliphatic heterocycles. The molecule has 0 aliphatic carbocycles. The molecule has 0 fully saturated rings. The molecule has 0 N–H and O–H groups in total. The predicted molar refractivity (Wildman–Crippen MR) is 255 cm³/mol. The van der Waals surface area contributed by atoms with E-state index in [0.29, 0.717) is 0 Å². The Hall–Kier alpha value is -4.59.